The first kappa shape index (κ1) is 15.8. The summed E-state index contributed by atoms with van der Waals surface area (Å²) in [6.07, 6.45) is 2.60. The lowest BCUT2D eigenvalue weighted by molar-refractivity contribution is -0.123. The largest absolute Gasteiger partial charge is 0.484 e. The molecule has 1 N–H and O–H groups in total. The van der Waals surface area contributed by atoms with Gasteiger partial charge < -0.3 is 10.1 Å². The van der Waals surface area contributed by atoms with Gasteiger partial charge in [-0.2, -0.15) is 5.10 Å². The number of aromatic nitrogens is 2. The van der Waals surface area contributed by atoms with Crippen LogP contribution in [0.2, 0.25) is 0 Å². The standard InChI is InChI=1S/C19H19N3O2/c23-19(15-24-18-9-5-2-6-10-18)20-13-11-16-12-14-22(21-16)17-7-3-1-4-8-17/h1-10,12,14H,11,13,15H2,(H,20,23). The molecule has 3 aromatic rings. The van der Waals surface area contributed by atoms with Crippen LogP contribution in [0.15, 0.2) is 72.9 Å². The second-order valence-corrected chi connectivity index (χ2v) is 5.29. The van der Waals surface area contributed by atoms with Crippen LogP contribution in [0.1, 0.15) is 5.69 Å². The zero-order valence-corrected chi connectivity index (χ0v) is 13.3. The highest BCUT2D eigenvalue weighted by molar-refractivity contribution is 5.77. The van der Waals surface area contributed by atoms with Crippen LogP contribution in [0.3, 0.4) is 0 Å². The number of ether oxygens (including phenoxy) is 1. The molecule has 0 aliphatic heterocycles. The number of benzene rings is 2. The van der Waals surface area contributed by atoms with Gasteiger partial charge in [-0.05, 0) is 30.3 Å². The predicted octanol–water partition coefficient (Wildman–Crippen LogP) is 2.61. The smallest absolute Gasteiger partial charge is 0.257 e. The highest BCUT2D eigenvalue weighted by Crippen LogP contribution is 2.08. The molecule has 5 nitrogen and oxygen atoms in total. The van der Waals surface area contributed by atoms with Gasteiger partial charge in [0.1, 0.15) is 5.75 Å². The second-order valence-electron chi connectivity index (χ2n) is 5.29. The molecule has 0 aliphatic carbocycles. The molecule has 1 aromatic heterocycles. The lowest BCUT2D eigenvalue weighted by Gasteiger charge is -2.06. The first-order valence-electron chi connectivity index (χ1n) is 7.86. The molecule has 0 saturated heterocycles. The zero-order valence-electron chi connectivity index (χ0n) is 13.3. The molecule has 24 heavy (non-hydrogen) atoms. The third-order valence-electron chi connectivity index (χ3n) is 3.48. The summed E-state index contributed by atoms with van der Waals surface area (Å²) >= 11 is 0. The Labute approximate surface area is 140 Å². The monoisotopic (exact) mass is 321 g/mol. The maximum absolute atomic E-state index is 11.8. The van der Waals surface area contributed by atoms with E-state index < -0.39 is 0 Å². The maximum Gasteiger partial charge on any atom is 0.257 e. The van der Waals surface area contributed by atoms with Crippen LogP contribution in [0, 0.1) is 0 Å². The number of rotatable bonds is 7. The van der Waals surface area contributed by atoms with Gasteiger partial charge in [-0.25, -0.2) is 4.68 Å². The predicted molar refractivity (Wildman–Crippen MR) is 92.2 cm³/mol. The van der Waals surface area contributed by atoms with Gasteiger partial charge in [0.05, 0.1) is 11.4 Å². The third-order valence-corrected chi connectivity index (χ3v) is 3.48. The fourth-order valence-corrected chi connectivity index (χ4v) is 2.27. The fraction of sp³-hybridized carbons (Fsp3) is 0.158. The Morgan fingerprint density at radius 3 is 2.46 bits per heavy atom. The van der Waals surface area contributed by atoms with Crippen molar-refractivity contribution in [3.8, 4) is 11.4 Å². The topological polar surface area (TPSA) is 56.1 Å². The summed E-state index contributed by atoms with van der Waals surface area (Å²) in [6, 6.07) is 21.2. The normalized spacial score (nSPS) is 10.3. The molecule has 2 aromatic carbocycles. The minimum Gasteiger partial charge on any atom is -0.484 e. The van der Waals surface area contributed by atoms with Crippen LogP contribution < -0.4 is 10.1 Å². The Morgan fingerprint density at radius 2 is 1.71 bits per heavy atom. The highest BCUT2D eigenvalue weighted by Gasteiger charge is 2.04. The number of hydrogen-bond donors (Lipinski definition) is 1. The molecule has 0 spiro atoms. The summed E-state index contributed by atoms with van der Waals surface area (Å²) in [7, 11) is 0. The van der Waals surface area contributed by atoms with Crippen LogP contribution in [-0.2, 0) is 11.2 Å². The van der Waals surface area contributed by atoms with Gasteiger partial charge in [-0.1, -0.05) is 36.4 Å². The van der Waals surface area contributed by atoms with E-state index in [1.54, 1.807) is 0 Å². The molecule has 122 valence electrons. The molecule has 5 heteroatoms. The van der Waals surface area contributed by atoms with Gasteiger partial charge in [-0.15, -0.1) is 0 Å². The summed E-state index contributed by atoms with van der Waals surface area (Å²) in [4.78, 5) is 11.8. The average Bonchev–Trinajstić information content (AvgIpc) is 3.11. The van der Waals surface area contributed by atoms with Gasteiger partial charge in [-0.3, -0.25) is 4.79 Å². The quantitative estimate of drug-likeness (QED) is 0.728. The van der Waals surface area contributed by atoms with Crippen molar-refractivity contribution in [2.75, 3.05) is 13.2 Å². The summed E-state index contributed by atoms with van der Waals surface area (Å²) in [5, 5.41) is 7.34. The zero-order chi connectivity index (χ0) is 16.6. The number of carbonyl (C=O) groups excluding carboxylic acids is 1. The van der Waals surface area contributed by atoms with E-state index >= 15 is 0 Å². The van der Waals surface area contributed by atoms with Crippen molar-refractivity contribution < 1.29 is 9.53 Å². The van der Waals surface area contributed by atoms with E-state index in [0.717, 1.165) is 11.4 Å². The molecular formula is C19H19N3O2. The number of amides is 1. The first-order valence-corrected chi connectivity index (χ1v) is 7.86. The van der Waals surface area contributed by atoms with Gasteiger partial charge in [0.25, 0.3) is 5.91 Å². The Hall–Kier alpha value is -3.08. The van der Waals surface area contributed by atoms with E-state index in [1.165, 1.54) is 0 Å². The van der Waals surface area contributed by atoms with Crippen molar-refractivity contribution in [3.05, 3.63) is 78.6 Å². The van der Waals surface area contributed by atoms with Crippen molar-refractivity contribution in [3.63, 3.8) is 0 Å². The molecule has 3 rings (SSSR count). The Balaban J connectivity index is 1.42. The molecule has 0 radical (unpaired) electrons. The Morgan fingerprint density at radius 1 is 1.00 bits per heavy atom. The molecule has 1 amide bonds. The number of para-hydroxylation sites is 2. The van der Waals surface area contributed by atoms with E-state index in [4.69, 9.17) is 4.74 Å². The van der Waals surface area contributed by atoms with E-state index in [1.807, 2.05) is 77.6 Å². The lowest BCUT2D eigenvalue weighted by Crippen LogP contribution is -2.30. The fourth-order valence-electron chi connectivity index (χ4n) is 2.27. The minimum atomic E-state index is -0.138. The van der Waals surface area contributed by atoms with Gasteiger partial charge >= 0.3 is 0 Å². The van der Waals surface area contributed by atoms with Crippen LogP contribution in [-0.4, -0.2) is 28.8 Å². The van der Waals surface area contributed by atoms with Gasteiger partial charge in [0.2, 0.25) is 0 Å². The third kappa shape index (κ3) is 4.46. The Kier molecular flexibility index (Phi) is 5.24. The van der Waals surface area contributed by atoms with E-state index in [0.29, 0.717) is 18.7 Å². The molecule has 0 saturated carbocycles. The highest BCUT2D eigenvalue weighted by atomic mass is 16.5. The van der Waals surface area contributed by atoms with E-state index in [2.05, 4.69) is 10.4 Å². The summed E-state index contributed by atoms with van der Waals surface area (Å²) in [5.74, 6) is 0.551. The number of carbonyl (C=O) groups is 1. The molecule has 0 fully saturated rings. The van der Waals surface area contributed by atoms with E-state index in [-0.39, 0.29) is 12.5 Å². The van der Waals surface area contributed by atoms with Crippen molar-refractivity contribution in [2.24, 2.45) is 0 Å². The van der Waals surface area contributed by atoms with Crippen LogP contribution in [0.25, 0.3) is 5.69 Å². The van der Waals surface area contributed by atoms with Crippen molar-refractivity contribution >= 4 is 5.91 Å². The molecule has 0 bridgehead atoms. The molecular weight excluding hydrogens is 302 g/mol. The van der Waals surface area contributed by atoms with Crippen molar-refractivity contribution in [1.29, 1.82) is 0 Å². The van der Waals surface area contributed by atoms with Crippen molar-refractivity contribution in [2.45, 2.75) is 6.42 Å². The first-order chi connectivity index (χ1) is 11.8. The van der Waals surface area contributed by atoms with E-state index in [9.17, 15) is 4.79 Å². The summed E-state index contributed by atoms with van der Waals surface area (Å²) in [6.45, 7) is 0.547. The maximum atomic E-state index is 11.8. The van der Waals surface area contributed by atoms with Crippen LogP contribution in [0.4, 0.5) is 0 Å². The summed E-state index contributed by atoms with van der Waals surface area (Å²) < 4.78 is 7.23. The number of nitrogens with zero attached hydrogens (tertiary/aromatic N) is 2. The van der Waals surface area contributed by atoms with Crippen LogP contribution >= 0.6 is 0 Å². The molecule has 0 aliphatic rings. The van der Waals surface area contributed by atoms with Gasteiger partial charge in [0.15, 0.2) is 6.61 Å². The SMILES string of the molecule is O=C(COc1ccccc1)NCCc1ccn(-c2ccccc2)n1. The summed E-state index contributed by atoms with van der Waals surface area (Å²) in [5.41, 5.74) is 1.95. The Bertz CT molecular complexity index is 770. The lowest BCUT2D eigenvalue weighted by atomic mass is 10.3. The minimum absolute atomic E-state index is 0.0163. The molecule has 0 atom stereocenters. The number of hydrogen-bond acceptors (Lipinski definition) is 3. The van der Waals surface area contributed by atoms with Crippen LogP contribution in [0.5, 0.6) is 5.75 Å². The van der Waals surface area contributed by atoms with Gasteiger partial charge in [0, 0.05) is 19.2 Å². The average molecular weight is 321 g/mol. The second kappa shape index (κ2) is 7.97. The molecule has 1 heterocycles. The molecule has 0 unspecified atom stereocenters. The van der Waals surface area contributed by atoms with Crippen molar-refractivity contribution in [1.82, 2.24) is 15.1 Å². The number of nitrogens with one attached hydrogen (secondary N) is 1.